The first kappa shape index (κ1) is 14.1. The van der Waals surface area contributed by atoms with Gasteiger partial charge in [0.2, 0.25) is 5.91 Å². The summed E-state index contributed by atoms with van der Waals surface area (Å²) in [4.78, 5) is 27.1. The molecule has 6 nitrogen and oxygen atoms in total. The van der Waals surface area contributed by atoms with E-state index < -0.39 is 5.91 Å². The van der Waals surface area contributed by atoms with E-state index >= 15 is 0 Å². The molecule has 7 heteroatoms. The van der Waals surface area contributed by atoms with E-state index in [0.29, 0.717) is 5.82 Å². The van der Waals surface area contributed by atoms with E-state index in [0.717, 1.165) is 0 Å². The minimum absolute atomic E-state index is 0.111. The van der Waals surface area contributed by atoms with Crippen molar-refractivity contribution in [3.8, 4) is 0 Å². The summed E-state index contributed by atoms with van der Waals surface area (Å²) < 4.78 is 4.94. The number of anilines is 1. The fourth-order valence-electron chi connectivity index (χ4n) is 1.46. The van der Waals surface area contributed by atoms with Gasteiger partial charge in [0.25, 0.3) is 5.91 Å². The third-order valence-electron chi connectivity index (χ3n) is 2.37. The number of halogens is 1. The molecule has 2 rings (SSSR count). The Balaban J connectivity index is 1.73. The number of nitrogens with one attached hydrogen (secondary N) is 2. The summed E-state index contributed by atoms with van der Waals surface area (Å²) in [5.41, 5.74) is 0. The van der Waals surface area contributed by atoms with E-state index in [-0.39, 0.29) is 29.9 Å². The van der Waals surface area contributed by atoms with Crippen molar-refractivity contribution in [1.29, 1.82) is 0 Å². The summed E-state index contributed by atoms with van der Waals surface area (Å²) in [5.74, 6) is -0.0641. The summed E-state index contributed by atoms with van der Waals surface area (Å²) in [6, 6.07) is 8.15. The van der Waals surface area contributed by atoms with Crippen molar-refractivity contribution < 1.29 is 14.0 Å². The molecule has 104 valence electrons. The topological polar surface area (TPSA) is 84.2 Å². The average molecular weight is 294 g/mol. The van der Waals surface area contributed by atoms with Gasteiger partial charge in [-0.1, -0.05) is 6.07 Å². The molecule has 2 aromatic rings. The molecule has 0 radical (unpaired) electrons. The second kappa shape index (κ2) is 6.72. The normalized spacial score (nSPS) is 10.1. The van der Waals surface area contributed by atoms with Crippen LogP contribution in [0.1, 0.15) is 17.0 Å². The van der Waals surface area contributed by atoms with Gasteiger partial charge in [0.15, 0.2) is 11.0 Å². The van der Waals surface area contributed by atoms with Crippen LogP contribution in [0.4, 0.5) is 5.82 Å². The highest BCUT2D eigenvalue weighted by Crippen LogP contribution is 2.12. The van der Waals surface area contributed by atoms with Gasteiger partial charge in [0.05, 0.1) is 0 Å². The predicted octanol–water partition coefficient (Wildman–Crippen LogP) is 2.09. The molecule has 2 heterocycles. The third-order valence-corrected chi connectivity index (χ3v) is 2.57. The Morgan fingerprint density at radius 3 is 2.75 bits per heavy atom. The van der Waals surface area contributed by atoms with E-state index in [4.69, 9.17) is 16.0 Å². The van der Waals surface area contributed by atoms with Gasteiger partial charge in [-0.15, -0.1) is 0 Å². The molecule has 0 unspecified atom stereocenters. The summed E-state index contributed by atoms with van der Waals surface area (Å²) in [6.07, 6.45) is 1.72. The van der Waals surface area contributed by atoms with Crippen molar-refractivity contribution in [2.45, 2.75) is 6.42 Å². The minimum atomic E-state index is -0.414. The zero-order valence-corrected chi connectivity index (χ0v) is 11.2. The first-order chi connectivity index (χ1) is 9.65. The van der Waals surface area contributed by atoms with Crippen LogP contribution in [0.25, 0.3) is 0 Å². The second-order valence-corrected chi connectivity index (χ2v) is 4.25. The molecule has 0 saturated carbocycles. The Morgan fingerprint density at radius 2 is 2.10 bits per heavy atom. The van der Waals surface area contributed by atoms with E-state index in [2.05, 4.69) is 15.6 Å². The highest BCUT2D eigenvalue weighted by Gasteiger charge is 2.10. The van der Waals surface area contributed by atoms with E-state index in [1.54, 1.807) is 24.4 Å². The van der Waals surface area contributed by atoms with Crippen LogP contribution in [-0.2, 0) is 4.79 Å². The number of carbonyl (C=O) groups excluding carboxylic acids is 2. The Bertz CT molecular complexity index is 598. The highest BCUT2D eigenvalue weighted by atomic mass is 35.5. The van der Waals surface area contributed by atoms with Crippen LogP contribution in [0, 0.1) is 0 Å². The van der Waals surface area contributed by atoms with Gasteiger partial charge >= 0.3 is 0 Å². The molecule has 0 aromatic carbocycles. The van der Waals surface area contributed by atoms with Crippen LogP contribution < -0.4 is 10.6 Å². The van der Waals surface area contributed by atoms with Crippen LogP contribution in [0.5, 0.6) is 0 Å². The van der Waals surface area contributed by atoms with E-state index in [1.165, 1.54) is 12.1 Å². The molecule has 2 N–H and O–H groups in total. The molecule has 2 aromatic heterocycles. The van der Waals surface area contributed by atoms with Gasteiger partial charge in [-0.3, -0.25) is 9.59 Å². The summed E-state index contributed by atoms with van der Waals surface area (Å²) in [5, 5.41) is 5.31. The molecule has 0 bridgehead atoms. The zero-order chi connectivity index (χ0) is 14.4. The van der Waals surface area contributed by atoms with E-state index in [1.807, 2.05) is 0 Å². The molecular weight excluding hydrogens is 282 g/mol. The SMILES string of the molecule is O=C(CCNC(=O)c1ccc(Cl)o1)Nc1ccccn1. The molecule has 0 spiro atoms. The summed E-state index contributed by atoms with van der Waals surface area (Å²) in [7, 11) is 0. The molecule has 0 aliphatic rings. The monoisotopic (exact) mass is 293 g/mol. The minimum Gasteiger partial charge on any atom is -0.440 e. The second-order valence-electron chi connectivity index (χ2n) is 3.87. The molecule has 0 aliphatic carbocycles. The smallest absolute Gasteiger partial charge is 0.287 e. The van der Waals surface area contributed by atoms with Crippen LogP contribution in [0.3, 0.4) is 0 Å². The van der Waals surface area contributed by atoms with Crippen LogP contribution >= 0.6 is 11.6 Å². The van der Waals surface area contributed by atoms with Gasteiger partial charge in [0, 0.05) is 19.2 Å². The fourth-order valence-corrected chi connectivity index (χ4v) is 1.60. The third kappa shape index (κ3) is 4.10. The molecule has 0 fully saturated rings. The van der Waals surface area contributed by atoms with Gasteiger partial charge in [-0.2, -0.15) is 0 Å². The number of carbonyl (C=O) groups is 2. The summed E-state index contributed by atoms with van der Waals surface area (Å²) >= 11 is 5.56. The molecular formula is C13H12ClN3O3. The Hall–Kier alpha value is -2.34. The Labute approximate surface area is 120 Å². The number of nitrogens with zero attached hydrogens (tertiary/aromatic N) is 1. The quantitative estimate of drug-likeness (QED) is 0.884. The van der Waals surface area contributed by atoms with Crippen LogP contribution in [0.15, 0.2) is 40.9 Å². The van der Waals surface area contributed by atoms with Crippen molar-refractivity contribution in [3.63, 3.8) is 0 Å². The molecule has 0 saturated heterocycles. The lowest BCUT2D eigenvalue weighted by molar-refractivity contribution is -0.116. The van der Waals surface area contributed by atoms with Crippen LogP contribution in [0.2, 0.25) is 5.22 Å². The fraction of sp³-hybridized carbons (Fsp3) is 0.154. The number of aromatic nitrogens is 1. The number of hydrogen-bond donors (Lipinski definition) is 2. The molecule has 0 atom stereocenters. The highest BCUT2D eigenvalue weighted by molar-refractivity contribution is 6.29. The first-order valence-electron chi connectivity index (χ1n) is 5.89. The lowest BCUT2D eigenvalue weighted by Gasteiger charge is -2.04. The number of hydrogen-bond acceptors (Lipinski definition) is 4. The van der Waals surface area contributed by atoms with Crippen molar-refractivity contribution in [2.75, 3.05) is 11.9 Å². The van der Waals surface area contributed by atoms with Gasteiger partial charge in [-0.25, -0.2) is 4.98 Å². The maximum absolute atomic E-state index is 11.6. The predicted molar refractivity (Wildman–Crippen MR) is 73.5 cm³/mol. The van der Waals surface area contributed by atoms with Gasteiger partial charge in [-0.05, 0) is 35.9 Å². The van der Waals surface area contributed by atoms with E-state index in [9.17, 15) is 9.59 Å². The Morgan fingerprint density at radius 1 is 1.25 bits per heavy atom. The van der Waals surface area contributed by atoms with Gasteiger partial charge in [0.1, 0.15) is 5.82 Å². The summed E-state index contributed by atoms with van der Waals surface area (Å²) in [6.45, 7) is 0.190. The molecule has 0 aliphatic heterocycles. The number of furan rings is 1. The molecule has 2 amide bonds. The maximum Gasteiger partial charge on any atom is 0.287 e. The van der Waals surface area contributed by atoms with Gasteiger partial charge < -0.3 is 15.1 Å². The molecule has 20 heavy (non-hydrogen) atoms. The van der Waals surface area contributed by atoms with Crippen molar-refractivity contribution >= 4 is 29.2 Å². The lowest BCUT2D eigenvalue weighted by Crippen LogP contribution is -2.27. The largest absolute Gasteiger partial charge is 0.440 e. The number of rotatable bonds is 5. The van der Waals surface area contributed by atoms with Crippen molar-refractivity contribution in [1.82, 2.24) is 10.3 Å². The van der Waals surface area contributed by atoms with Crippen molar-refractivity contribution in [3.05, 3.63) is 47.5 Å². The lowest BCUT2D eigenvalue weighted by atomic mass is 10.3. The first-order valence-corrected chi connectivity index (χ1v) is 6.27. The van der Waals surface area contributed by atoms with Crippen molar-refractivity contribution in [2.24, 2.45) is 0 Å². The number of pyridine rings is 1. The average Bonchev–Trinajstić information content (AvgIpc) is 2.86. The van der Waals surface area contributed by atoms with Crippen LogP contribution in [-0.4, -0.2) is 23.3 Å². The zero-order valence-electron chi connectivity index (χ0n) is 10.4. The maximum atomic E-state index is 11.6. The standard InChI is InChI=1S/C13H12ClN3O3/c14-10-5-4-9(20-10)13(19)16-8-6-12(18)17-11-3-1-2-7-15-11/h1-5,7H,6,8H2,(H,16,19)(H,15,17,18). The Kier molecular flexibility index (Phi) is 4.73. The number of amides is 2.